The molecule has 27 heavy (non-hydrogen) atoms. The van der Waals surface area contributed by atoms with E-state index in [4.69, 9.17) is 0 Å². The summed E-state index contributed by atoms with van der Waals surface area (Å²) in [6.45, 7) is -1.16. The van der Waals surface area contributed by atoms with Crippen LogP contribution in [0, 0.1) is 16.0 Å². The molecule has 0 radical (unpaired) electrons. The number of carbonyl (C=O) groups excluding carboxylic acids is 2. The Morgan fingerprint density at radius 2 is 1.93 bits per heavy atom. The highest BCUT2D eigenvalue weighted by Gasteiger charge is 2.71. The molecular formula is C18H19F2N3O4. The van der Waals surface area contributed by atoms with Crippen molar-refractivity contribution < 1.29 is 23.3 Å². The van der Waals surface area contributed by atoms with Gasteiger partial charge in [-0.15, -0.1) is 0 Å². The Labute approximate surface area is 154 Å². The number of alkyl halides is 2. The monoisotopic (exact) mass is 379 g/mol. The number of para-hydroxylation sites is 1. The lowest BCUT2D eigenvalue weighted by atomic mass is 9.93. The summed E-state index contributed by atoms with van der Waals surface area (Å²) in [7, 11) is 0. The number of halogens is 2. The quantitative estimate of drug-likeness (QED) is 0.575. The first-order valence-electron chi connectivity index (χ1n) is 8.91. The molecule has 9 heteroatoms. The largest absolute Gasteiger partial charge is 0.336 e. The van der Waals surface area contributed by atoms with Gasteiger partial charge in [-0.2, -0.15) is 0 Å². The van der Waals surface area contributed by atoms with Crippen LogP contribution in [-0.2, 0) is 16.0 Å². The van der Waals surface area contributed by atoms with Gasteiger partial charge in [-0.1, -0.05) is 18.2 Å². The fraction of sp³-hybridized carbons (Fsp3) is 0.556. The van der Waals surface area contributed by atoms with E-state index in [2.05, 4.69) is 0 Å². The molecule has 2 atom stereocenters. The summed E-state index contributed by atoms with van der Waals surface area (Å²) in [5.41, 5.74) is -5.22. The molecule has 144 valence electrons. The molecule has 2 heterocycles. The normalized spacial score (nSPS) is 29.9. The number of nitro benzene ring substituents is 1. The predicted molar refractivity (Wildman–Crippen MR) is 90.4 cm³/mol. The topological polar surface area (TPSA) is 83.8 Å². The fourth-order valence-corrected chi connectivity index (χ4v) is 4.00. The molecule has 1 aromatic carbocycles. The van der Waals surface area contributed by atoms with Gasteiger partial charge in [0.1, 0.15) is 0 Å². The van der Waals surface area contributed by atoms with E-state index in [1.807, 2.05) is 0 Å². The molecule has 3 fully saturated rings. The molecule has 2 amide bonds. The van der Waals surface area contributed by atoms with Crippen LogP contribution in [-0.4, -0.2) is 64.1 Å². The summed E-state index contributed by atoms with van der Waals surface area (Å²) in [6, 6.07) is 5.74. The Bertz CT molecular complexity index is 831. The number of benzene rings is 1. The summed E-state index contributed by atoms with van der Waals surface area (Å²) >= 11 is 0. The molecule has 7 nitrogen and oxygen atoms in total. The van der Waals surface area contributed by atoms with Gasteiger partial charge >= 0.3 is 0 Å². The minimum Gasteiger partial charge on any atom is -0.336 e. The third-order valence-electron chi connectivity index (χ3n) is 5.69. The van der Waals surface area contributed by atoms with Crippen molar-refractivity contribution in [3.8, 4) is 0 Å². The van der Waals surface area contributed by atoms with Crippen LogP contribution >= 0.6 is 0 Å². The van der Waals surface area contributed by atoms with Crippen molar-refractivity contribution in [3.05, 3.63) is 39.9 Å². The van der Waals surface area contributed by atoms with E-state index in [9.17, 15) is 19.7 Å². The smallest absolute Gasteiger partial charge is 0.273 e. The maximum atomic E-state index is 15.3. The van der Waals surface area contributed by atoms with Crippen molar-refractivity contribution in [2.75, 3.05) is 26.2 Å². The van der Waals surface area contributed by atoms with Gasteiger partial charge in [0, 0.05) is 18.2 Å². The maximum Gasteiger partial charge on any atom is 0.273 e. The lowest BCUT2D eigenvalue weighted by Gasteiger charge is -2.22. The fourth-order valence-electron chi connectivity index (χ4n) is 4.00. The first kappa shape index (κ1) is 17.8. The van der Waals surface area contributed by atoms with E-state index in [-0.39, 0.29) is 24.2 Å². The molecule has 0 aromatic heterocycles. The van der Waals surface area contributed by atoms with E-state index in [0.717, 1.165) is 17.7 Å². The Hall–Kier alpha value is -2.58. The molecule has 0 spiro atoms. The van der Waals surface area contributed by atoms with E-state index < -0.39 is 41.2 Å². The Morgan fingerprint density at radius 3 is 2.56 bits per heavy atom. The van der Waals surface area contributed by atoms with Crippen LogP contribution in [0.2, 0.25) is 0 Å². The van der Waals surface area contributed by atoms with Crippen LogP contribution in [0.25, 0.3) is 0 Å². The van der Waals surface area contributed by atoms with E-state index in [1.54, 1.807) is 6.07 Å². The Kier molecular flexibility index (Phi) is 3.94. The zero-order chi connectivity index (χ0) is 19.4. The van der Waals surface area contributed by atoms with Gasteiger partial charge in [-0.3, -0.25) is 19.7 Å². The number of nitrogens with zero attached hydrogens (tertiary/aromatic N) is 3. The standard InChI is InChI=1S/C18H19F2N3O4/c19-17-9-21(8-12-5-6-12)16(25)18(17,20)11-22(10-17)15(24)7-13-3-1-2-4-14(13)23(26)27/h1-4,12H,5-11H2/t17-,18-/m0/s1. The van der Waals surface area contributed by atoms with E-state index in [1.165, 1.54) is 23.1 Å². The van der Waals surface area contributed by atoms with Crippen LogP contribution in [0.3, 0.4) is 0 Å². The molecule has 1 aromatic rings. The lowest BCUT2D eigenvalue weighted by molar-refractivity contribution is -0.385. The van der Waals surface area contributed by atoms with Crippen molar-refractivity contribution in [1.82, 2.24) is 9.80 Å². The molecule has 2 saturated heterocycles. The molecule has 4 rings (SSSR count). The molecule has 3 aliphatic rings. The van der Waals surface area contributed by atoms with Crippen LogP contribution in [0.15, 0.2) is 24.3 Å². The second kappa shape index (κ2) is 5.97. The highest BCUT2D eigenvalue weighted by molar-refractivity contribution is 5.92. The van der Waals surface area contributed by atoms with Crippen molar-refractivity contribution in [3.63, 3.8) is 0 Å². The summed E-state index contributed by atoms with van der Waals surface area (Å²) in [4.78, 5) is 37.6. The van der Waals surface area contributed by atoms with Crippen molar-refractivity contribution in [2.45, 2.75) is 30.6 Å². The van der Waals surface area contributed by atoms with Crippen molar-refractivity contribution >= 4 is 17.5 Å². The van der Waals surface area contributed by atoms with E-state index >= 15 is 8.78 Å². The Balaban J connectivity index is 1.49. The molecule has 1 aliphatic carbocycles. The predicted octanol–water partition coefficient (Wildman–Crippen LogP) is 1.65. The third-order valence-corrected chi connectivity index (χ3v) is 5.69. The summed E-state index contributed by atoms with van der Waals surface area (Å²) < 4.78 is 30.6. The highest BCUT2D eigenvalue weighted by Crippen LogP contribution is 2.46. The summed E-state index contributed by atoms with van der Waals surface area (Å²) in [5.74, 6) is -1.21. The molecular weight excluding hydrogens is 360 g/mol. The summed E-state index contributed by atoms with van der Waals surface area (Å²) in [5, 5.41) is 11.1. The van der Waals surface area contributed by atoms with Crippen LogP contribution in [0.5, 0.6) is 0 Å². The molecule has 0 N–H and O–H groups in total. The zero-order valence-corrected chi connectivity index (χ0v) is 14.6. The second-order valence-corrected chi connectivity index (χ2v) is 7.71. The molecule has 2 aliphatic heterocycles. The first-order chi connectivity index (χ1) is 12.7. The number of hydrogen-bond donors (Lipinski definition) is 0. The number of carbonyl (C=O) groups is 2. The number of amides is 2. The number of rotatable bonds is 5. The van der Waals surface area contributed by atoms with Crippen molar-refractivity contribution in [2.24, 2.45) is 5.92 Å². The molecule has 1 saturated carbocycles. The average Bonchev–Trinajstić information content (AvgIpc) is 3.35. The van der Waals surface area contributed by atoms with Gasteiger partial charge in [0.15, 0.2) is 5.67 Å². The minimum atomic E-state index is -2.74. The van der Waals surface area contributed by atoms with Crippen LogP contribution in [0.4, 0.5) is 14.5 Å². The number of likely N-dealkylation sites (tertiary alicyclic amines) is 2. The van der Waals surface area contributed by atoms with E-state index in [0.29, 0.717) is 12.5 Å². The van der Waals surface area contributed by atoms with Gasteiger partial charge in [0.2, 0.25) is 11.6 Å². The molecule has 0 bridgehead atoms. The molecule has 0 unspecified atom stereocenters. The van der Waals surface area contributed by atoms with Crippen LogP contribution in [0.1, 0.15) is 18.4 Å². The second-order valence-electron chi connectivity index (χ2n) is 7.71. The number of fused-ring (bicyclic) bond motifs is 1. The minimum absolute atomic E-state index is 0.173. The zero-order valence-electron chi connectivity index (χ0n) is 14.6. The maximum absolute atomic E-state index is 15.3. The lowest BCUT2D eigenvalue weighted by Crippen LogP contribution is -2.47. The van der Waals surface area contributed by atoms with Crippen LogP contribution < -0.4 is 0 Å². The van der Waals surface area contributed by atoms with Gasteiger partial charge in [0.25, 0.3) is 11.6 Å². The summed E-state index contributed by atoms with van der Waals surface area (Å²) in [6.07, 6.45) is 1.58. The van der Waals surface area contributed by atoms with Gasteiger partial charge < -0.3 is 9.80 Å². The van der Waals surface area contributed by atoms with Gasteiger partial charge in [-0.25, -0.2) is 8.78 Å². The Morgan fingerprint density at radius 1 is 1.22 bits per heavy atom. The highest BCUT2D eigenvalue weighted by atomic mass is 19.2. The first-order valence-corrected chi connectivity index (χ1v) is 8.91. The van der Waals surface area contributed by atoms with Gasteiger partial charge in [-0.05, 0) is 18.8 Å². The average molecular weight is 379 g/mol. The SMILES string of the molecule is O=C(Cc1ccccc1[N+](=O)[O-])N1C[C@@]2(F)CN(CC3CC3)C(=O)[C@@]2(F)C1. The number of hydrogen-bond acceptors (Lipinski definition) is 4. The third kappa shape index (κ3) is 2.85. The number of nitro groups is 1. The van der Waals surface area contributed by atoms with Crippen molar-refractivity contribution in [1.29, 1.82) is 0 Å². The van der Waals surface area contributed by atoms with Gasteiger partial charge in [0.05, 0.1) is 31.0 Å².